The highest BCUT2D eigenvalue weighted by atomic mass is 32.2. The molecule has 9 heteroatoms. The Bertz CT molecular complexity index is 1070. The summed E-state index contributed by atoms with van der Waals surface area (Å²) in [7, 11) is 0. The fourth-order valence-corrected chi connectivity index (χ4v) is 4.63. The van der Waals surface area contributed by atoms with Crippen molar-refractivity contribution in [1.29, 1.82) is 0 Å². The van der Waals surface area contributed by atoms with Crippen LogP contribution in [0.25, 0.3) is 16.6 Å². The fraction of sp³-hybridized carbons (Fsp3) is 0.458. The number of nitrogens with zero attached hydrogens (tertiary/aromatic N) is 5. The van der Waals surface area contributed by atoms with Gasteiger partial charge in [0.15, 0.2) is 11.0 Å². The van der Waals surface area contributed by atoms with Gasteiger partial charge in [0.2, 0.25) is 5.04 Å². The minimum absolute atomic E-state index is 0.396. The van der Waals surface area contributed by atoms with E-state index in [-0.39, 0.29) is 0 Å². The molecular formula is C24H33N8S+. The molecule has 33 heavy (non-hydrogen) atoms. The third-order valence-electron chi connectivity index (χ3n) is 5.87. The lowest BCUT2D eigenvalue weighted by molar-refractivity contribution is -0.111. The predicted octanol–water partition coefficient (Wildman–Crippen LogP) is 2.12. The first-order valence-electron chi connectivity index (χ1n) is 11.7. The summed E-state index contributed by atoms with van der Waals surface area (Å²) in [5.41, 5.74) is 15.1. The summed E-state index contributed by atoms with van der Waals surface area (Å²) in [6.07, 6.45) is 12.3. The third kappa shape index (κ3) is 7.10. The highest BCUT2D eigenvalue weighted by Gasteiger charge is 2.25. The Kier molecular flexibility index (Phi) is 8.06. The van der Waals surface area contributed by atoms with Gasteiger partial charge in [-0.05, 0) is 75.9 Å². The van der Waals surface area contributed by atoms with Crippen LogP contribution in [0.4, 0.5) is 5.82 Å². The number of hydrogen-bond donors (Lipinski definition) is 3. The van der Waals surface area contributed by atoms with Gasteiger partial charge in [-0.2, -0.15) is 0 Å². The smallest absolute Gasteiger partial charge is 0.215 e. The lowest BCUT2D eigenvalue weighted by Crippen LogP contribution is -2.39. The molecule has 1 saturated carbocycles. The number of fused-ring (bicyclic) bond motifs is 1. The number of aromatic nitrogens is 2. The maximum absolute atomic E-state index is 6.08. The van der Waals surface area contributed by atoms with E-state index in [2.05, 4.69) is 24.9 Å². The number of allylic oxidation sites excluding steroid dienone is 1. The van der Waals surface area contributed by atoms with Crippen molar-refractivity contribution >= 4 is 50.6 Å². The summed E-state index contributed by atoms with van der Waals surface area (Å²) in [5, 5.41) is 7.28. The van der Waals surface area contributed by atoms with E-state index in [9.17, 15) is 0 Å². The van der Waals surface area contributed by atoms with Crippen LogP contribution in [0.15, 0.2) is 40.6 Å². The van der Waals surface area contributed by atoms with Crippen LogP contribution in [0.3, 0.4) is 0 Å². The van der Waals surface area contributed by atoms with Crippen LogP contribution in [0.2, 0.25) is 0 Å². The van der Waals surface area contributed by atoms with Crippen molar-refractivity contribution in [1.82, 2.24) is 14.9 Å². The highest BCUT2D eigenvalue weighted by molar-refractivity contribution is 8.26. The Hall–Kier alpha value is -2.78. The molecule has 0 aromatic carbocycles. The van der Waals surface area contributed by atoms with Gasteiger partial charge in [0.25, 0.3) is 0 Å². The number of aliphatic imine (C=N–C) groups is 2. The average molecular weight is 466 g/mol. The lowest BCUT2D eigenvalue weighted by Gasteiger charge is -2.12. The Morgan fingerprint density at radius 3 is 2.82 bits per heavy atom. The minimum atomic E-state index is 0.396. The van der Waals surface area contributed by atoms with Crippen molar-refractivity contribution in [3.8, 4) is 0 Å². The van der Waals surface area contributed by atoms with Gasteiger partial charge >= 0.3 is 0 Å². The molecule has 0 spiro atoms. The van der Waals surface area contributed by atoms with Crippen molar-refractivity contribution in [2.24, 2.45) is 27.4 Å². The zero-order valence-electron chi connectivity index (χ0n) is 19.0. The van der Waals surface area contributed by atoms with Gasteiger partial charge in [0.05, 0.1) is 11.0 Å². The second kappa shape index (κ2) is 11.4. The molecule has 6 N–H and O–H groups in total. The normalized spacial score (nSPS) is 17.9. The largest absolute Gasteiger partial charge is 0.404 e. The van der Waals surface area contributed by atoms with Gasteiger partial charge in [-0.15, -0.1) is 0 Å². The number of amidine groups is 1. The van der Waals surface area contributed by atoms with Crippen molar-refractivity contribution in [3.63, 3.8) is 0 Å². The van der Waals surface area contributed by atoms with Crippen molar-refractivity contribution in [2.45, 2.75) is 38.5 Å². The van der Waals surface area contributed by atoms with E-state index in [1.54, 1.807) is 18.5 Å². The van der Waals surface area contributed by atoms with Crippen LogP contribution in [-0.4, -0.2) is 57.5 Å². The molecular weight excluding hydrogens is 432 g/mol. The average Bonchev–Trinajstić information content (AvgIpc) is 3.45. The minimum Gasteiger partial charge on any atom is -0.404 e. The molecule has 3 heterocycles. The predicted molar refractivity (Wildman–Crippen MR) is 138 cm³/mol. The van der Waals surface area contributed by atoms with Crippen molar-refractivity contribution in [3.05, 3.63) is 36.2 Å². The number of rotatable bonds is 9. The van der Waals surface area contributed by atoms with Crippen LogP contribution in [0, 0.1) is 5.92 Å². The second-order valence-electron chi connectivity index (χ2n) is 8.66. The van der Waals surface area contributed by atoms with Crippen LogP contribution in [-0.2, 0) is 0 Å². The molecule has 1 saturated heterocycles. The summed E-state index contributed by atoms with van der Waals surface area (Å²) in [6.45, 7) is 4.32. The SMILES string of the molecule is NC=C(C=NCCCN1CCCC1)c1cnc2ccc(N=C(N)SC(=[NH2+])CC3CC3)nc2c1. The van der Waals surface area contributed by atoms with Crippen LogP contribution in [0.5, 0.6) is 0 Å². The highest BCUT2D eigenvalue weighted by Crippen LogP contribution is 2.33. The fourth-order valence-electron chi connectivity index (χ4n) is 3.90. The molecule has 0 radical (unpaired) electrons. The second-order valence-corrected chi connectivity index (χ2v) is 9.80. The quantitative estimate of drug-likeness (QED) is 0.295. The molecule has 0 amide bonds. The van der Waals surface area contributed by atoms with E-state index >= 15 is 0 Å². The van der Waals surface area contributed by atoms with Gasteiger partial charge in [-0.25, -0.2) is 9.98 Å². The molecule has 4 rings (SSSR count). The maximum atomic E-state index is 6.08. The van der Waals surface area contributed by atoms with Crippen LogP contribution < -0.4 is 16.9 Å². The van der Waals surface area contributed by atoms with Gasteiger partial charge in [-0.1, -0.05) is 0 Å². The van der Waals surface area contributed by atoms with Gasteiger partial charge in [0.1, 0.15) is 0 Å². The van der Waals surface area contributed by atoms with E-state index in [4.69, 9.17) is 16.9 Å². The maximum Gasteiger partial charge on any atom is 0.215 e. The molecule has 0 bridgehead atoms. The molecule has 174 valence electrons. The third-order valence-corrected chi connectivity index (χ3v) is 6.60. The number of hydrogen-bond acceptors (Lipinski definition) is 7. The van der Waals surface area contributed by atoms with E-state index in [0.29, 0.717) is 16.9 Å². The van der Waals surface area contributed by atoms with Crippen LogP contribution in [0.1, 0.15) is 44.1 Å². The number of thioether (sulfide) groups is 1. The molecule has 1 aliphatic heterocycles. The molecule has 0 unspecified atom stereocenters. The first-order valence-corrected chi connectivity index (χ1v) is 12.5. The molecule has 0 atom stereocenters. The Labute approximate surface area is 199 Å². The topological polar surface area (TPSA) is 131 Å². The Balaban J connectivity index is 1.39. The van der Waals surface area contributed by atoms with Crippen molar-refractivity contribution < 1.29 is 5.41 Å². The number of pyridine rings is 2. The molecule has 2 aromatic rings. The van der Waals surface area contributed by atoms with E-state index in [0.717, 1.165) is 53.1 Å². The molecule has 2 aromatic heterocycles. The summed E-state index contributed by atoms with van der Waals surface area (Å²) >= 11 is 1.32. The first-order chi connectivity index (χ1) is 16.1. The van der Waals surface area contributed by atoms with Gasteiger partial charge in [0, 0.05) is 54.5 Å². The molecule has 2 fully saturated rings. The summed E-state index contributed by atoms with van der Waals surface area (Å²) in [6, 6.07) is 5.65. The molecule has 8 nitrogen and oxygen atoms in total. The van der Waals surface area contributed by atoms with E-state index < -0.39 is 0 Å². The zero-order valence-corrected chi connectivity index (χ0v) is 19.8. The van der Waals surface area contributed by atoms with Crippen LogP contribution >= 0.6 is 11.8 Å². The Morgan fingerprint density at radius 2 is 2.06 bits per heavy atom. The first kappa shape index (κ1) is 23.4. The standard InChI is InChI=1S/C24H32N8S/c25-14-19(15-28-8-3-11-32-9-1-2-10-32)18-13-21-20(29-16-18)6-7-23(30-21)31-24(27)33-22(26)12-17-4-5-17/h6-7,13-17,26H,1-5,8-12,25H2,(H2,27,30,31)/p+1. The number of nitrogens with two attached hydrogens (primary N) is 3. The monoisotopic (exact) mass is 465 g/mol. The summed E-state index contributed by atoms with van der Waals surface area (Å²) in [5.74, 6) is 1.24. The molecule has 1 aliphatic carbocycles. The number of likely N-dealkylation sites (tertiary alicyclic amines) is 1. The summed E-state index contributed by atoms with van der Waals surface area (Å²) < 4.78 is 0. The molecule has 2 aliphatic rings. The van der Waals surface area contributed by atoms with E-state index in [1.807, 2.05) is 18.3 Å². The lowest BCUT2D eigenvalue weighted by atomic mass is 10.1. The zero-order chi connectivity index (χ0) is 23.0. The summed E-state index contributed by atoms with van der Waals surface area (Å²) in [4.78, 5) is 20.6. The van der Waals surface area contributed by atoms with Gasteiger partial charge < -0.3 is 16.4 Å². The van der Waals surface area contributed by atoms with E-state index in [1.165, 1.54) is 50.5 Å². The van der Waals surface area contributed by atoms with Gasteiger partial charge in [-0.3, -0.25) is 15.4 Å². The Morgan fingerprint density at radius 1 is 1.24 bits per heavy atom. The van der Waals surface area contributed by atoms with Crippen molar-refractivity contribution in [2.75, 3.05) is 26.2 Å².